The highest BCUT2D eigenvalue weighted by Gasteiger charge is 2.22. The van der Waals surface area contributed by atoms with Crippen LogP contribution < -0.4 is 10.1 Å². The first-order chi connectivity index (χ1) is 16.2. The molecule has 0 fully saturated rings. The zero-order chi connectivity index (χ0) is 22.9. The van der Waals surface area contributed by atoms with Gasteiger partial charge in [0, 0.05) is 48.0 Å². The average Bonchev–Trinajstić information content (AvgIpc) is 3.27. The third kappa shape index (κ3) is 5.88. The van der Waals surface area contributed by atoms with Gasteiger partial charge in [0.05, 0.1) is 19.6 Å². The average molecular weight is 445 g/mol. The molecule has 2 aromatic carbocycles. The fourth-order valence-electron chi connectivity index (χ4n) is 3.84. The van der Waals surface area contributed by atoms with Crippen molar-refractivity contribution in [3.63, 3.8) is 0 Å². The standard InChI is InChI=1S/C26H28N4O3/c1-2-32-25(31)17-22(19-8-4-3-5-9-19)23-18-30-24-16-20(10-11-21(23)24)33-15-7-14-29-26-27-12-6-13-28-26/h3-6,8-13,16,18,22,30H,2,7,14-15,17H2,1H3,(H,27,28,29). The molecule has 0 spiro atoms. The minimum atomic E-state index is -0.199. The van der Waals surface area contributed by atoms with Crippen molar-refractivity contribution >= 4 is 22.8 Å². The van der Waals surface area contributed by atoms with Gasteiger partial charge >= 0.3 is 5.97 Å². The van der Waals surface area contributed by atoms with Crippen LogP contribution in [0.15, 0.2) is 73.2 Å². The van der Waals surface area contributed by atoms with Crippen molar-refractivity contribution in [2.24, 2.45) is 0 Å². The van der Waals surface area contributed by atoms with Gasteiger partial charge in [0.25, 0.3) is 0 Å². The predicted octanol–water partition coefficient (Wildman–Crippen LogP) is 4.92. The number of anilines is 1. The summed E-state index contributed by atoms with van der Waals surface area (Å²) in [5, 5.41) is 4.24. The van der Waals surface area contributed by atoms with Crippen LogP contribution in [0.2, 0.25) is 0 Å². The number of nitrogens with zero attached hydrogens (tertiary/aromatic N) is 2. The molecule has 7 heteroatoms. The Morgan fingerprint density at radius 3 is 2.70 bits per heavy atom. The molecule has 33 heavy (non-hydrogen) atoms. The lowest BCUT2D eigenvalue weighted by molar-refractivity contribution is -0.143. The molecule has 2 aromatic heterocycles. The minimum Gasteiger partial charge on any atom is -0.493 e. The van der Waals surface area contributed by atoms with Crippen LogP contribution in [0.25, 0.3) is 10.9 Å². The van der Waals surface area contributed by atoms with Gasteiger partial charge in [0.1, 0.15) is 5.75 Å². The molecule has 0 aliphatic carbocycles. The first-order valence-corrected chi connectivity index (χ1v) is 11.2. The summed E-state index contributed by atoms with van der Waals surface area (Å²) in [5.74, 6) is 1.13. The second-order valence-electron chi connectivity index (χ2n) is 7.63. The van der Waals surface area contributed by atoms with Crippen molar-refractivity contribution in [3.8, 4) is 5.75 Å². The number of nitrogens with one attached hydrogen (secondary N) is 2. The SMILES string of the molecule is CCOC(=O)CC(c1ccccc1)c1c[nH]c2cc(OCCCNc3ncccn3)ccc12. The first kappa shape index (κ1) is 22.3. The number of hydrogen-bond acceptors (Lipinski definition) is 6. The number of esters is 1. The van der Waals surface area contributed by atoms with Crippen LogP contribution in [-0.2, 0) is 9.53 Å². The molecule has 0 amide bonds. The number of aromatic nitrogens is 3. The lowest BCUT2D eigenvalue weighted by Crippen LogP contribution is -2.11. The molecule has 2 heterocycles. The van der Waals surface area contributed by atoms with Gasteiger partial charge in [-0.15, -0.1) is 0 Å². The van der Waals surface area contributed by atoms with Gasteiger partial charge in [0.2, 0.25) is 5.95 Å². The lowest BCUT2D eigenvalue weighted by atomic mass is 9.88. The Morgan fingerprint density at radius 2 is 1.91 bits per heavy atom. The third-order valence-electron chi connectivity index (χ3n) is 5.38. The lowest BCUT2D eigenvalue weighted by Gasteiger charge is -2.16. The zero-order valence-electron chi connectivity index (χ0n) is 18.7. The predicted molar refractivity (Wildman–Crippen MR) is 128 cm³/mol. The highest BCUT2D eigenvalue weighted by molar-refractivity contribution is 5.86. The van der Waals surface area contributed by atoms with Gasteiger partial charge in [-0.3, -0.25) is 4.79 Å². The molecule has 170 valence electrons. The Hall–Kier alpha value is -3.87. The van der Waals surface area contributed by atoms with Gasteiger partial charge in [-0.05, 0) is 42.7 Å². The fourth-order valence-corrected chi connectivity index (χ4v) is 3.84. The second kappa shape index (κ2) is 11.1. The summed E-state index contributed by atoms with van der Waals surface area (Å²) in [6.07, 6.45) is 6.51. The maximum atomic E-state index is 12.3. The highest BCUT2D eigenvalue weighted by atomic mass is 16.5. The monoisotopic (exact) mass is 444 g/mol. The van der Waals surface area contributed by atoms with Crippen LogP contribution in [0.3, 0.4) is 0 Å². The van der Waals surface area contributed by atoms with E-state index in [9.17, 15) is 4.79 Å². The van der Waals surface area contributed by atoms with Crippen LogP contribution in [0.1, 0.15) is 36.8 Å². The zero-order valence-corrected chi connectivity index (χ0v) is 18.7. The quantitative estimate of drug-likeness (QED) is 0.252. The Bertz CT molecular complexity index is 1160. The van der Waals surface area contributed by atoms with Crippen molar-refractivity contribution < 1.29 is 14.3 Å². The van der Waals surface area contributed by atoms with Crippen LogP contribution >= 0.6 is 0 Å². The van der Waals surface area contributed by atoms with Gasteiger partial charge < -0.3 is 19.8 Å². The highest BCUT2D eigenvalue weighted by Crippen LogP contribution is 2.35. The summed E-state index contributed by atoms with van der Waals surface area (Å²) < 4.78 is 11.2. The Labute approximate surface area is 193 Å². The number of ether oxygens (including phenoxy) is 2. The summed E-state index contributed by atoms with van der Waals surface area (Å²) >= 11 is 0. The topological polar surface area (TPSA) is 89.1 Å². The number of fused-ring (bicyclic) bond motifs is 1. The molecule has 7 nitrogen and oxygen atoms in total. The van der Waals surface area contributed by atoms with Crippen molar-refractivity contribution in [2.75, 3.05) is 25.1 Å². The summed E-state index contributed by atoms with van der Waals surface area (Å²) in [6, 6.07) is 17.9. The number of H-pyrrole nitrogens is 1. The molecule has 1 atom stereocenters. The number of hydrogen-bond donors (Lipinski definition) is 2. The molecule has 0 radical (unpaired) electrons. The van der Waals surface area contributed by atoms with Crippen LogP contribution in [0.4, 0.5) is 5.95 Å². The van der Waals surface area contributed by atoms with E-state index in [0.717, 1.165) is 40.7 Å². The molecule has 1 unspecified atom stereocenters. The van der Waals surface area contributed by atoms with Crippen LogP contribution in [0, 0.1) is 0 Å². The molecule has 0 aliphatic rings. The molecule has 0 aliphatic heterocycles. The van der Waals surface area contributed by atoms with E-state index in [-0.39, 0.29) is 11.9 Å². The molecule has 0 saturated heterocycles. The number of benzene rings is 2. The van der Waals surface area contributed by atoms with E-state index in [1.54, 1.807) is 18.5 Å². The van der Waals surface area contributed by atoms with E-state index < -0.39 is 0 Å². The minimum absolute atomic E-state index is 0.0861. The largest absolute Gasteiger partial charge is 0.493 e. The van der Waals surface area contributed by atoms with Crippen molar-refractivity contribution in [3.05, 3.63) is 84.3 Å². The van der Waals surface area contributed by atoms with Crippen LogP contribution in [0.5, 0.6) is 5.75 Å². The summed E-state index contributed by atoms with van der Waals surface area (Å²) in [4.78, 5) is 23.9. The van der Waals surface area contributed by atoms with E-state index in [1.807, 2.05) is 49.5 Å². The smallest absolute Gasteiger partial charge is 0.306 e. The van der Waals surface area contributed by atoms with Gasteiger partial charge in [-0.1, -0.05) is 30.3 Å². The molecule has 0 saturated carbocycles. The summed E-state index contributed by atoms with van der Waals surface area (Å²) in [5.41, 5.74) is 3.13. The Balaban J connectivity index is 1.42. The molecular formula is C26H28N4O3. The normalized spacial score (nSPS) is 11.8. The van der Waals surface area contributed by atoms with Crippen molar-refractivity contribution in [1.29, 1.82) is 0 Å². The molecular weight excluding hydrogens is 416 g/mol. The van der Waals surface area contributed by atoms with E-state index in [1.165, 1.54) is 0 Å². The summed E-state index contributed by atoms with van der Waals surface area (Å²) in [7, 11) is 0. The number of carbonyl (C=O) groups is 1. The van der Waals surface area contributed by atoms with Gasteiger partial charge in [-0.2, -0.15) is 0 Å². The van der Waals surface area contributed by atoms with E-state index in [2.05, 4.69) is 32.4 Å². The molecule has 4 aromatic rings. The number of carbonyl (C=O) groups excluding carboxylic acids is 1. The summed E-state index contributed by atoms with van der Waals surface area (Å²) in [6.45, 7) is 3.51. The maximum absolute atomic E-state index is 12.3. The fraction of sp³-hybridized carbons (Fsp3) is 0.269. The van der Waals surface area contributed by atoms with Crippen molar-refractivity contribution in [1.82, 2.24) is 15.0 Å². The molecule has 0 bridgehead atoms. The first-order valence-electron chi connectivity index (χ1n) is 11.2. The van der Waals surface area contributed by atoms with E-state index in [0.29, 0.717) is 25.6 Å². The number of rotatable bonds is 11. The van der Waals surface area contributed by atoms with E-state index >= 15 is 0 Å². The molecule has 4 rings (SSSR count). The Kier molecular flexibility index (Phi) is 7.53. The van der Waals surface area contributed by atoms with Gasteiger partial charge in [-0.25, -0.2) is 9.97 Å². The van der Waals surface area contributed by atoms with Crippen LogP contribution in [-0.4, -0.2) is 40.7 Å². The van der Waals surface area contributed by atoms with Crippen molar-refractivity contribution in [2.45, 2.75) is 25.7 Å². The van der Waals surface area contributed by atoms with Gasteiger partial charge in [0.15, 0.2) is 0 Å². The third-order valence-corrected chi connectivity index (χ3v) is 5.38. The Morgan fingerprint density at radius 1 is 1.09 bits per heavy atom. The second-order valence-corrected chi connectivity index (χ2v) is 7.63. The van der Waals surface area contributed by atoms with E-state index in [4.69, 9.17) is 9.47 Å². The maximum Gasteiger partial charge on any atom is 0.306 e. The molecule has 2 N–H and O–H groups in total. The number of aromatic amines is 1.